The number of anilines is 1. The van der Waals surface area contributed by atoms with Gasteiger partial charge in [0.1, 0.15) is 0 Å². The zero-order valence-electron chi connectivity index (χ0n) is 13.6. The average Bonchev–Trinajstić information content (AvgIpc) is 2.93. The van der Waals surface area contributed by atoms with E-state index in [1.165, 1.54) is 17.2 Å². The van der Waals surface area contributed by atoms with Crippen LogP contribution in [-0.2, 0) is 6.54 Å². The van der Waals surface area contributed by atoms with Gasteiger partial charge in [-0.2, -0.15) is 16.9 Å². The predicted molar refractivity (Wildman–Crippen MR) is 95.2 cm³/mol. The molecule has 0 radical (unpaired) electrons. The Morgan fingerprint density at radius 2 is 1.96 bits per heavy atom. The molecule has 2 aromatic rings. The third-order valence-electron chi connectivity index (χ3n) is 4.23. The number of nitrogens with one attached hydrogen (secondary N) is 2. The van der Waals surface area contributed by atoms with Gasteiger partial charge in [-0.15, -0.1) is 0 Å². The summed E-state index contributed by atoms with van der Waals surface area (Å²) in [6.45, 7) is 6.55. The number of hydrogen-bond acceptors (Lipinski definition) is 4. The minimum absolute atomic E-state index is 0.135. The van der Waals surface area contributed by atoms with Crippen LogP contribution in [0.5, 0.6) is 0 Å². The van der Waals surface area contributed by atoms with Crippen molar-refractivity contribution in [3.8, 4) is 0 Å². The van der Waals surface area contributed by atoms with Gasteiger partial charge in [-0.05, 0) is 31.5 Å². The Morgan fingerprint density at radius 1 is 1.26 bits per heavy atom. The normalized spacial score (nSPS) is 14.8. The number of nitrogens with zero attached hydrogens (tertiary/aromatic N) is 2. The van der Waals surface area contributed by atoms with E-state index in [-0.39, 0.29) is 5.91 Å². The van der Waals surface area contributed by atoms with E-state index in [4.69, 9.17) is 0 Å². The van der Waals surface area contributed by atoms with Crippen molar-refractivity contribution in [1.29, 1.82) is 0 Å². The summed E-state index contributed by atoms with van der Waals surface area (Å²) in [4.78, 5) is 14.6. The Kier molecular flexibility index (Phi) is 4.91. The summed E-state index contributed by atoms with van der Waals surface area (Å²) in [5.41, 5.74) is 4.67. The fourth-order valence-corrected chi connectivity index (χ4v) is 3.52. The van der Waals surface area contributed by atoms with Gasteiger partial charge in [0, 0.05) is 48.1 Å². The molecule has 5 nitrogen and oxygen atoms in total. The van der Waals surface area contributed by atoms with E-state index in [2.05, 4.69) is 44.7 Å². The highest BCUT2D eigenvalue weighted by molar-refractivity contribution is 7.99. The number of aryl methyl sites for hydroxylation is 1. The molecule has 2 N–H and O–H groups in total. The maximum atomic E-state index is 12.2. The lowest BCUT2D eigenvalue weighted by Crippen LogP contribution is -2.32. The Bertz CT molecular complexity index is 674. The second-order valence-corrected chi connectivity index (χ2v) is 7.00. The molecule has 1 amide bonds. The molecule has 1 aliphatic rings. The van der Waals surface area contributed by atoms with Crippen LogP contribution in [0.15, 0.2) is 24.3 Å². The molecule has 6 heteroatoms. The van der Waals surface area contributed by atoms with E-state index >= 15 is 0 Å². The molecular weight excluding hydrogens is 308 g/mol. The third kappa shape index (κ3) is 3.69. The van der Waals surface area contributed by atoms with Crippen LogP contribution in [0.1, 0.15) is 27.3 Å². The van der Waals surface area contributed by atoms with E-state index in [0.717, 1.165) is 29.9 Å². The molecule has 0 spiro atoms. The zero-order valence-corrected chi connectivity index (χ0v) is 14.4. The average molecular weight is 330 g/mol. The first-order valence-corrected chi connectivity index (χ1v) is 9.02. The maximum absolute atomic E-state index is 12.2. The highest BCUT2D eigenvalue weighted by atomic mass is 32.2. The van der Waals surface area contributed by atoms with Gasteiger partial charge in [0.15, 0.2) is 5.69 Å². The Balaban J connectivity index is 1.58. The molecule has 3 rings (SSSR count). The van der Waals surface area contributed by atoms with Crippen LogP contribution in [0.3, 0.4) is 0 Å². The molecule has 23 heavy (non-hydrogen) atoms. The number of carbonyl (C=O) groups excluding carboxylic acids is 1. The minimum atomic E-state index is -0.135. The standard InChI is InChI=1S/C17H22N4OS/c1-12-13(2)19-20-16(12)17(22)18-11-14-3-5-15(6-4-14)21-7-9-23-10-8-21/h3-6H,7-11H2,1-2H3,(H,18,22)(H,19,20). The highest BCUT2D eigenvalue weighted by Crippen LogP contribution is 2.20. The molecule has 1 aromatic heterocycles. The van der Waals surface area contributed by atoms with Gasteiger partial charge in [0.25, 0.3) is 5.91 Å². The van der Waals surface area contributed by atoms with Crippen molar-refractivity contribution in [3.05, 3.63) is 46.8 Å². The molecule has 0 bridgehead atoms. The molecule has 1 aliphatic heterocycles. The lowest BCUT2D eigenvalue weighted by molar-refractivity contribution is 0.0945. The number of hydrogen-bond donors (Lipinski definition) is 2. The van der Waals surface area contributed by atoms with Crippen LogP contribution in [0.25, 0.3) is 0 Å². The number of benzene rings is 1. The summed E-state index contributed by atoms with van der Waals surface area (Å²) in [6, 6.07) is 8.45. The van der Waals surface area contributed by atoms with Crippen LogP contribution < -0.4 is 10.2 Å². The number of rotatable bonds is 4. The van der Waals surface area contributed by atoms with Crippen LogP contribution >= 0.6 is 11.8 Å². The summed E-state index contributed by atoms with van der Waals surface area (Å²) >= 11 is 2.01. The number of carbonyl (C=O) groups is 1. The second-order valence-electron chi connectivity index (χ2n) is 5.77. The van der Waals surface area contributed by atoms with Crippen molar-refractivity contribution in [2.45, 2.75) is 20.4 Å². The first-order valence-electron chi connectivity index (χ1n) is 7.86. The van der Waals surface area contributed by atoms with Crippen molar-refractivity contribution >= 4 is 23.4 Å². The van der Waals surface area contributed by atoms with Crippen LogP contribution in [-0.4, -0.2) is 40.7 Å². The number of aromatic nitrogens is 2. The van der Waals surface area contributed by atoms with Crippen molar-refractivity contribution in [2.75, 3.05) is 29.5 Å². The molecular formula is C17H22N4OS. The molecule has 122 valence electrons. The van der Waals surface area contributed by atoms with Gasteiger partial charge < -0.3 is 10.2 Å². The van der Waals surface area contributed by atoms with Gasteiger partial charge >= 0.3 is 0 Å². The molecule has 0 atom stereocenters. The summed E-state index contributed by atoms with van der Waals surface area (Å²) in [5.74, 6) is 2.25. The lowest BCUT2D eigenvalue weighted by atomic mass is 10.1. The van der Waals surface area contributed by atoms with Crippen molar-refractivity contribution in [2.24, 2.45) is 0 Å². The van der Waals surface area contributed by atoms with E-state index in [1.54, 1.807) is 0 Å². The van der Waals surface area contributed by atoms with Crippen LogP contribution in [0, 0.1) is 13.8 Å². The zero-order chi connectivity index (χ0) is 16.2. The van der Waals surface area contributed by atoms with E-state index in [0.29, 0.717) is 12.2 Å². The molecule has 0 aliphatic carbocycles. The summed E-state index contributed by atoms with van der Waals surface area (Å²) in [5, 5.41) is 9.83. The quantitative estimate of drug-likeness (QED) is 0.904. The summed E-state index contributed by atoms with van der Waals surface area (Å²) in [7, 11) is 0. The summed E-state index contributed by atoms with van der Waals surface area (Å²) < 4.78 is 0. The highest BCUT2D eigenvalue weighted by Gasteiger charge is 2.14. The molecule has 2 heterocycles. The minimum Gasteiger partial charge on any atom is -0.370 e. The van der Waals surface area contributed by atoms with Gasteiger partial charge in [-0.25, -0.2) is 0 Å². The molecule has 1 fully saturated rings. The molecule has 1 saturated heterocycles. The first kappa shape index (κ1) is 15.9. The molecule has 0 unspecified atom stereocenters. The SMILES string of the molecule is Cc1[nH]nc(C(=O)NCc2ccc(N3CCSCC3)cc2)c1C. The largest absolute Gasteiger partial charge is 0.370 e. The van der Waals surface area contributed by atoms with Crippen LogP contribution in [0.4, 0.5) is 5.69 Å². The number of thioether (sulfide) groups is 1. The first-order chi connectivity index (χ1) is 11.1. The fraction of sp³-hybridized carbons (Fsp3) is 0.412. The fourth-order valence-electron chi connectivity index (χ4n) is 2.62. The van der Waals surface area contributed by atoms with Crippen molar-refractivity contribution < 1.29 is 4.79 Å². The van der Waals surface area contributed by atoms with Gasteiger partial charge in [-0.1, -0.05) is 12.1 Å². The second kappa shape index (κ2) is 7.08. The molecule has 0 saturated carbocycles. The van der Waals surface area contributed by atoms with E-state index in [9.17, 15) is 4.79 Å². The Morgan fingerprint density at radius 3 is 2.57 bits per heavy atom. The van der Waals surface area contributed by atoms with Gasteiger partial charge in [-0.3, -0.25) is 9.89 Å². The van der Waals surface area contributed by atoms with Crippen molar-refractivity contribution in [1.82, 2.24) is 15.5 Å². The lowest BCUT2D eigenvalue weighted by Gasteiger charge is -2.28. The van der Waals surface area contributed by atoms with E-state index < -0.39 is 0 Å². The monoisotopic (exact) mass is 330 g/mol. The number of amides is 1. The maximum Gasteiger partial charge on any atom is 0.272 e. The van der Waals surface area contributed by atoms with Gasteiger partial charge in [0.2, 0.25) is 0 Å². The predicted octanol–water partition coefficient (Wildman–Crippen LogP) is 2.51. The Hall–Kier alpha value is -1.95. The number of H-pyrrole nitrogens is 1. The van der Waals surface area contributed by atoms with Crippen LogP contribution in [0.2, 0.25) is 0 Å². The van der Waals surface area contributed by atoms with Crippen molar-refractivity contribution in [3.63, 3.8) is 0 Å². The smallest absolute Gasteiger partial charge is 0.272 e. The molecule has 1 aromatic carbocycles. The van der Waals surface area contributed by atoms with Gasteiger partial charge in [0.05, 0.1) is 0 Å². The summed E-state index contributed by atoms with van der Waals surface area (Å²) in [6.07, 6.45) is 0. The number of aromatic amines is 1. The van der Waals surface area contributed by atoms with E-state index in [1.807, 2.05) is 25.6 Å². The Labute approximate surface area is 140 Å². The third-order valence-corrected chi connectivity index (χ3v) is 5.18. The topological polar surface area (TPSA) is 61.0 Å².